The molecule has 1 aliphatic heterocycles. The molecule has 0 aromatic heterocycles. The molecule has 0 unspecified atom stereocenters. The first-order valence-electron chi connectivity index (χ1n) is 6.65. The fourth-order valence-corrected chi connectivity index (χ4v) is 2.13. The highest BCUT2D eigenvalue weighted by Crippen LogP contribution is 2.20. The van der Waals surface area contributed by atoms with E-state index in [2.05, 4.69) is 4.99 Å². The largest absolute Gasteiger partial charge is 0.478 e. The van der Waals surface area contributed by atoms with Crippen LogP contribution in [0, 0.1) is 0 Å². The number of aliphatic imine (C=N–C) groups is 1. The minimum atomic E-state index is -1.01. The molecule has 1 aliphatic rings. The first-order valence-corrected chi connectivity index (χ1v) is 7.02. The summed E-state index contributed by atoms with van der Waals surface area (Å²) in [7, 11) is 0. The summed E-state index contributed by atoms with van der Waals surface area (Å²) in [6.45, 7) is 0. The van der Waals surface area contributed by atoms with Crippen molar-refractivity contribution in [2.24, 2.45) is 4.99 Å². The molecule has 23 heavy (non-hydrogen) atoms. The van der Waals surface area contributed by atoms with Crippen molar-refractivity contribution in [2.75, 3.05) is 0 Å². The van der Waals surface area contributed by atoms with Crippen LogP contribution in [0.15, 0.2) is 59.2 Å². The lowest BCUT2D eigenvalue weighted by Gasteiger charge is -1.98. The van der Waals surface area contributed by atoms with E-state index >= 15 is 0 Å². The number of halogens is 1. The summed E-state index contributed by atoms with van der Waals surface area (Å²) >= 11 is 5.82. The molecule has 0 atom stereocenters. The summed E-state index contributed by atoms with van der Waals surface area (Å²) in [6, 6.07) is 12.9. The highest BCUT2D eigenvalue weighted by molar-refractivity contribution is 6.30. The van der Waals surface area contributed by atoms with Crippen LogP contribution in [0.3, 0.4) is 0 Å². The summed E-state index contributed by atoms with van der Waals surface area (Å²) < 4.78 is 5.14. The van der Waals surface area contributed by atoms with Crippen LogP contribution in [0.25, 0.3) is 6.08 Å². The molecule has 2 aromatic rings. The number of ether oxygens (including phenoxy) is 1. The van der Waals surface area contributed by atoms with E-state index in [-0.39, 0.29) is 17.2 Å². The quantitative estimate of drug-likeness (QED) is 0.692. The SMILES string of the molecule is O=C1OC(c2ccc(Cl)cc2)=N/C1=C\c1ccc(C(=O)O)cc1. The van der Waals surface area contributed by atoms with Crippen LogP contribution in [0.1, 0.15) is 21.5 Å². The second kappa shape index (κ2) is 6.06. The first kappa shape index (κ1) is 15.0. The Kier molecular flexibility index (Phi) is 3.95. The Hall–Kier alpha value is -2.92. The van der Waals surface area contributed by atoms with Crippen LogP contribution in [0.2, 0.25) is 5.02 Å². The number of carbonyl (C=O) groups is 2. The molecule has 3 rings (SSSR count). The predicted octanol–water partition coefficient (Wildman–Crippen LogP) is 3.38. The Labute approximate surface area is 136 Å². The molecule has 1 heterocycles. The van der Waals surface area contributed by atoms with Crippen molar-refractivity contribution >= 4 is 35.5 Å². The molecule has 0 saturated heterocycles. The Balaban J connectivity index is 1.88. The molecule has 2 aromatic carbocycles. The Bertz CT molecular complexity index is 836. The van der Waals surface area contributed by atoms with Gasteiger partial charge in [0.2, 0.25) is 5.90 Å². The van der Waals surface area contributed by atoms with Gasteiger partial charge in [0.25, 0.3) is 0 Å². The number of carboxylic acids is 1. The lowest BCUT2D eigenvalue weighted by atomic mass is 10.1. The highest BCUT2D eigenvalue weighted by Gasteiger charge is 2.24. The molecule has 0 amide bonds. The molecule has 0 bridgehead atoms. The second-order valence-corrected chi connectivity index (χ2v) is 5.21. The van der Waals surface area contributed by atoms with Gasteiger partial charge in [0, 0.05) is 10.6 Å². The third-order valence-electron chi connectivity index (χ3n) is 3.17. The van der Waals surface area contributed by atoms with Crippen LogP contribution >= 0.6 is 11.6 Å². The van der Waals surface area contributed by atoms with Gasteiger partial charge in [-0.05, 0) is 48.0 Å². The summed E-state index contributed by atoms with van der Waals surface area (Å²) in [5.74, 6) is -1.36. The molecular formula is C17H10ClNO4. The molecule has 0 fully saturated rings. The van der Waals surface area contributed by atoms with Gasteiger partial charge in [0.05, 0.1) is 5.56 Å². The van der Waals surface area contributed by atoms with Crippen molar-refractivity contribution in [3.8, 4) is 0 Å². The fourth-order valence-electron chi connectivity index (χ4n) is 2.00. The maximum atomic E-state index is 11.9. The molecule has 0 aliphatic carbocycles. The van der Waals surface area contributed by atoms with Gasteiger partial charge in [-0.25, -0.2) is 14.6 Å². The maximum Gasteiger partial charge on any atom is 0.363 e. The summed E-state index contributed by atoms with van der Waals surface area (Å²) in [4.78, 5) is 26.9. The Morgan fingerprint density at radius 1 is 1.09 bits per heavy atom. The van der Waals surface area contributed by atoms with Gasteiger partial charge in [-0.3, -0.25) is 0 Å². The van der Waals surface area contributed by atoms with E-state index in [9.17, 15) is 9.59 Å². The predicted molar refractivity (Wildman–Crippen MR) is 85.5 cm³/mol. The van der Waals surface area contributed by atoms with Crippen molar-refractivity contribution in [1.82, 2.24) is 0 Å². The topological polar surface area (TPSA) is 76.0 Å². The summed E-state index contributed by atoms with van der Waals surface area (Å²) in [5, 5.41) is 9.44. The van der Waals surface area contributed by atoms with Crippen LogP contribution in [-0.4, -0.2) is 22.9 Å². The van der Waals surface area contributed by atoms with Crippen molar-refractivity contribution in [2.45, 2.75) is 0 Å². The van der Waals surface area contributed by atoms with E-state index in [1.807, 2.05) is 0 Å². The van der Waals surface area contributed by atoms with Crippen LogP contribution in [0.4, 0.5) is 0 Å². The molecule has 114 valence electrons. The summed E-state index contributed by atoms with van der Waals surface area (Å²) in [6.07, 6.45) is 1.54. The van der Waals surface area contributed by atoms with Gasteiger partial charge >= 0.3 is 11.9 Å². The van der Waals surface area contributed by atoms with Gasteiger partial charge in [-0.2, -0.15) is 0 Å². The van der Waals surface area contributed by atoms with Crippen molar-refractivity contribution in [1.29, 1.82) is 0 Å². The van der Waals surface area contributed by atoms with Gasteiger partial charge in [-0.1, -0.05) is 23.7 Å². The number of hydrogen-bond acceptors (Lipinski definition) is 4. The molecule has 6 heteroatoms. The average Bonchev–Trinajstić information content (AvgIpc) is 2.89. The molecule has 1 N–H and O–H groups in total. The zero-order valence-electron chi connectivity index (χ0n) is 11.7. The monoisotopic (exact) mass is 327 g/mol. The van der Waals surface area contributed by atoms with Crippen molar-refractivity contribution < 1.29 is 19.4 Å². The minimum absolute atomic E-state index is 0.151. The number of benzene rings is 2. The molecular weight excluding hydrogens is 318 g/mol. The Morgan fingerprint density at radius 3 is 2.35 bits per heavy atom. The van der Waals surface area contributed by atoms with E-state index in [1.165, 1.54) is 18.2 Å². The zero-order valence-corrected chi connectivity index (χ0v) is 12.4. The number of esters is 1. The third kappa shape index (κ3) is 3.30. The van der Waals surface area contributed by atoms with Crippen molar-refractivity contribution in [3.63, 3.8) is 0 Å². The highest BCUT2D eigenvalue weighted by atomic mass is 35.5. The number of carbonyl (C=O) groups excluding carboxylic acids is 1. The molecule has 0 spiro atoms. The zero-order chi connectivity index (χ0) is 16.4. The summed E-state index contributed by atoms with van der Waals surface area (Å²) in [5.41, 5.74) is 1.62. The standard InChI is InChI=1S/C17H10ClNO4/c18-13-7-5-11(6-8-13)15-19-14(17(22)23-15)9-10-1-3-12(4-2-10)16(20)21/h1-9H,(H,20,21)/b14-9-. The second-order valence-electron chi connectivity index (χ2n) is 4.77. The average molecular weight is 328 g/mol. The van der Waals surface area contributed by atoms with E-state index in [4.69, 9.17) is 21.4 Å². The lowest BCUT2D eigenvalue weighted by molar-refractivity contribution is -0.129. The Morgan fingerprint density at radius 2 is 1.74 bits per heavy atom. The van der Waals surface area contributed by atoms with Crippen molar-refractivity contribution in [3.05, 3.63) is 75.9 Å². The van der Waals surface area contributed by atoms with Gasteiger partial charge < -0.3 is 9.84 Å². The molecule has 0 saturated carbocycles. The van der Waals surface area contributed by atoms with E-state index in [1.54, 1.807) is 36.4 Å². The van der Waals surface area contributed by atoms with Gasteiger partial charge in [0.15, 0.2) is 5.70 Å². The number of carboxylic acid groups (broad SMARTS) is 1. The number of rotatable bonds is 3. The smallest absolute Gasteiger partial charge is 0.363 e. The van der Waals surface area contributed by atoms with Crippen LogP contribution in [0.5, 0.6) is 0 Å². The number of cyclic esters (lactones) is 1. The number of nitrogens with zero attached hydrogens (tertiary/aromatic N) is 1. The molecule has 0 radical (unpaired) electrons. The fraction of sp³-hybridized carbons (Fsp3) is 0. The normalized spacial score (nSPS) is 15.4. The van der Waals surface area contributed by atoms with Crippen LogP contribution in [-0.2, 0) is 9.53 Å². The van der Waals surface area contributed by atoms with E-state index in [0.717, 1.165) is 0 Å². The number of aromatic carboxylic acids is 1. The van der Waals surface area contributed by atoms with E-state index in [0.29, 0.717) is 16.1 Å². The minimum Gasteiger partial charge on any atom is -0.478 e. The maximum absolute atomic E-state index is 11.9. The molecule has 5 nitrogen and oxygen atoms in total. The van der Waals surface area contributed by atoms with Gasteiger partial charge in [0.1, 0.15) is 0 Å². The number of hydrogen-bond donors (Lipinski definition) is 1. The van der Waals surface area contributed by atoms with Gasteiger partial charge in [-0.15, -0.1) is 0 Å². The first-order chi connectivity index (χ1) is 11.0. The third-order valence-corrected chi connectivity index (χ3v) is 3.42. The lowest BCUT2D eigenvalue weighted by Crippen LogP contribution is -2.05. The van der Waals surface area contributed by atoms with Crippen LogP contribution < -0.4 is 0 Å². The van der Waals surface area contributed by atoms with E-state index < -0.39 is 11.9 Å².